The van der Waals surface area contributed by atoms with Crippen LogP contribution < -0.4 is 0 Å². The Bertz CT molecular complexity index is 1180. The maximum Gasteiger partial charge on any atom is 0.306 e. The molecule has 65 heavy (non-hydrogen) atoms. The third kappa shape index (κ3) is 51.9. The summed E-state index contributed by atoms with van der Waals surface area (Å²) in [5, 5.41) is 0. The lowest BCUT2D eigenvalue weighted by molar-refractivity contribution is -0.167. The second-order valence-corrected chi connectivity index (χ2v) is 18.5. The Hall–Kier alpha value is -2.89. The van der Waals surface area contributed by atoms with Gasteiger partial charge in [-0.1, -0.05) is 210 Å². The lowest BCUT2D eigenvalue weighted by Crippen LogP contribution is -2.30. The number of ether oxygens (including phenoxy) is 3. The number of carbonyl (C=O) groups excluding carboxylic acids is 3. The molecule has 0 aromatic heterocycles. The number of esters is 3. The number of unbranched alkanes of at least 4 members (excludes halogenated alkanes) is 29. The molecule has 1 unspecified atom stereocenters. The SMILES string of the molecule is CCCCC/C=C\C/C=C\C/C=C\CCCCCCCCC(=O)OCC(COC(=O)CCCCCCC/C=C\CCCCCC)OC(=O)CCCCCCC/C=C\CCCCCCCC. The summed E-state index contributed by atoms with van der Waals surface area (Å²) >= 11 is 0. The largest absolute Gasteiger partial charge is 0.462 e. The van der Waals surface area contributed by atoms with E-state index in [2.05, 4.69) is 81.5 Å². The zero-order valence-electron chi connectivity index (χ0n) is 43.0. The molecule has 0 fully saturated rings. The molecule has 0 aliphatic heterocycles. The molecule has 0 N–H and O–H groups in total. The predicted molar refractivity (Wildman–Crippen MR) is 279 cm³/mol. The maximum absolute atomic E-state index is 12.8. The molecule has 0 saturated carbocycles. The first-order valence-electron chi connectivity index (χ1n) is 27.8. The van der Waals surface area contributed by atoms with Gasteiger partial charge in [0.2, 0.25) is 0 Å². The topological polar surface area (TPSA) is 78.9 Å². The second kappa shape index (κ2) is 53.7. The highest BCUT2D eigenvalue weighted by Gasteiger charge is 2.19. The molecule has 6 nitrogen and oxygen atoms in total. The summed E-state index contributed by atoms with van der Waals surface area (Å²) in [5.74, 6) is -0.908. The summed E-state index contributed by atoms with van der Waals surface area (Å²) in [4.78, 5) is 38.1. The highest BCUT2D eigenvalue weighted by atomic mass is 16.6. The molecular formula is C59H104O6. The van der Waals surface area contributed by atoms with Crippen LogP contribution in [0.4, 0.5) is 0 Å². The molecule has 0 saturated heterocycles. The van der Waals surface area contributed by atoms with Crippen LogP contribution in [0, 0.1) is 0 Å². The minimum Gasteiger partial charge on any atom is -0.462 e. The molecule has 0 rings (SSSR count). The van der Waals surface area contributed by atoms with Crippen molar-refractivity contribution >= 4 is 17.9 Å². The molecule has 376 valence electrons. The van der Waals surface area contributed by atoms with Gasteiger partial charge in [-0.05, 0) is 109 Å². The minimum atomic E-state index is -0.787. The number of carbonyl (C=O) groups is 3. The molecule has 0 amide bonds. The highest BCUT2D eigenvalue weighted by Crippen LogP contribution is 2.14. The van der Waals surface area contributed by atoms with E-state index >= 15 is 0 Å². The van der Waals surface area contributed by atoms with Crippen LogP contribution in [0.25, 0.3) is 0 Å². The fourth-order valence-corrected chi connectivity index (χ4v) is 7.73. The van der Waals surface area contributed by atoms with Crippen molar-refractivity contribution in [1.29, 1.82) is 0 Å². The Balaban J connectivity index is 4.40. The van der Waals surface area contributed by atoms with Gasteiger partial charge in [0, 0.05) is 19.3 Å². The number of hydrogen-bond acceptors (Lipinski definition) is 6. The van der Waals surface area contributed by atoms with E-state index in [9.17, 15) is 14.4 Å². The van der Waals surface area contributed by atoms with Gasteiger partial charge in [0.25, 0.3) is 0 Å². The fraction of sp³-hybridized carbons (Fsp3) is 0.780. The van der Waals surface area contributed by atoms with Crippen molar-refractivity contribution in [2.24, 2.45) is 0 Å². The molecule has 0 radical (unpaired) electrons. The highest BCUT2D eigenvalue weighted by molar-refractivity contribution is 5.71. The van der Waals surface area contributed by atoms with Crippen LogP contribution in [-0.4, -0.2) is 37.2 Å². The molecule has 0 aromatic rings. The molecule has 0 aliphatic carbocycles. The van der Waals surface area contributed by atoms with E-state index in [0.29, 0.717) is 19.3 Å². The Kier molecular flexibility index (Phi) is 51.3. The van der Waals surface area contributed by atoms with Crippen molar-refractivity contribution < 1.29 is 28.6 Å². The minimum absolute atomic E-state index is 0.0856. The van der Waals surface area contributed by atoms with E-state index in [1.165, 1.54) is 141 Å². The molecule has 0 bridgehead atoms. The van der Waals surface area contributed by atoms with E-state index in [1.807, 2.05) is 0 Å². The Morgan fingerprint density at radius 3 is 0.923 bits per heavy atom. The summed E-state index contributed by atoms with van der Waals surface area (Å²) in [5.41, 5.74) is 0. The van der Waals surface area contributed by atoms with Gasteiger partial charge in [-0.25, -0.2) is 0 Å². The fourth-order valence-electron chi connectivity index (χ4n) is 7.73. The lowest BCUT2D eigenvalue weighted by atomic mass is 10.1. The van der Waals surface area contributed by atoms with Gasteiger partial charge in [-0.3, -0.25) is 14.4 Å². The smallest absolute Gasteiger partial charge is 0.306 e. The van der Waals surface area contributed by atoms with Crippen LogP contribution in [0.3, 0.4) is 0 Å². The van der Waals surface area contributed by atoms with E-state index < -0.39 is 6.10 Å². The maximum atomic E-state index is 12.8. The first-order valence-corrected chi connectivity index (χ1v) is 27.8. The number of allylic oxidation sites excluding steroid dienone is 10. The average Bonchev–Trinajstić information content (AvgIpc) is 3.30. The third-order valence-corrected chi connectivity index (χ3v) is 12.0. The van der Waals surface area contributed by atoms with Crippen molar-refractivity contribution in [3.8, 4) is 0 Å². The summed E-state index contributed by atoms with van der Waals surface area (Å²) < 4.78 is 16.8. The van der Waals surface area contributed by atoms with Crippen LogP contribution in [0.5, 0.6) is 0 Å². The van der Waals surface area contributed by atoms with Crippen LogP contribution in [0.1, 0.15) is 278 Å². The molecule has 0 heterocycles. The van der Waals surface area contributed by atoms with E-state index in [-0.39, 0.29) is 31.1 Å². The zero-order valence-corrected chi connectivity index (χ0v) is 43.0. The van der Waals surface area contributed by atoms with Gasteiger partial charge in [0.05, 0.1) is 0 Å². The summed E-state index contributed by atoms with van der Waals surface area (Å²) in [6.07, 6.45) is 66.3. The predicted octanol–water partition coefficient (Wildman–Crippen LogP) is 18.4. The Morgan fingerprint density at radius 1 is 0.308 bits per heavy atom. The van der Waals surface area contributed by atoms with Gasteiger partial charge >= 0.3 is 17.9 Å². The van der Waals surface area contributed by atoms with Gasteiger partial charge in [-0.2, -0.15) is 0 Å². The van der Waals surface area contributed by atoms with Crippen LogP contribution in [0.2, 0.25) is 0 Å². The lowest BCUT2D eigenvalue weighted by Gasteiger charge is -2.18. The van der Waals surface area contributed by atoms with Gasteiger partial charge in [0.15, 0.2) is 6.10 Å². The van der Waals surface area contributed by atoms with Crippen molar-refractivity contribution in [2.45, 2.75) is 284 Å². The summed E-state index contributed by atoms with van der Waals surface area (Å²) in [6.45, 7) is 6.58. The molecular weight excluding hydrogens is 805 g/mol. The number of hydrogen-bond donors (Lipinski definition) is 0. The van der Waals surface area contributed by atoms with Crippen molar-refractivity contribution in [3.05, 3.63) is 60.8 Å². The Labute approximate surface area is 402 Å². The summed E-state index contributed by atoms with van der Waals surface area (Å²) in [6, 6.07) is 0. The monoisotopic (exact) mass is 909 g/mol. The van der Waals surface area contributed by atoms with Gasteiger partial charge in [0.1, 0.15) is 13.2 Å². The first kappa shape index (κ1) is 62.1. The van der Waals surface area contributed by atoms with Gasteiger partial charge < -0.3 is 14.2 Å². The van der Waals surface area contributed by atoms with E-state index in [0.717, 1.165) is 96.3 Å². The van der Waals surface area contributed by atoms with Crippen molar-refractivity contribution in [1.82, 2.24) is 0 Å². The zero-order chi connectivity index (χ0) is 47.2. The molecule has 0 spiro atoms. The van der Waals surface area contributed by atoms with Crippen LogP contribution in [0.15, 0.2) is 60.8 Å². The summed E-state index contributed by atoms with van der Waals surface area (Å²) in [7, 11) is 0. The van der Waals surface area contributed by atoms with Crippen LogP contribution >= 0.6 is 0 Å². The normalized spacial score (nSPS) is 12.5. The van der Waals surface area contributed by atoms with E-state index in [1.54, 1.807) is 0 Å². The standard InChI is InChI=1S/C59H104O6/c1-4-7-10-13-16-19-22-25-27-28-29-30-32-34-37-40-43-46-49-52-58(61)64-55-56(54-63-57(60)51-48-45-42-39-36-33-24-21-18-15-12-9-6-3)65-59(62)53-50-47-44-41-38-35-31-26-23-20-17-14-11-8-5-2/h16,19,21,24-27,29-31,56H,4-15,17-18,20,22-23,28,32-55H2,1-3H3/b19-16-,24-21-,27-25-,30-29-,31-26-. The number of rotatable bonds is 50. The second-order valence-electron chi connectivity index (χ2n) is 18.5. The van der Waals surface area contributed by atoms with Gasteiger partial charge in [-0.15, -0.1) is 0 Å². The molecule has 0 aliphatic rings. The van der Waals surface area contributed by atoms with Crippen molar-refractivity contribution in [2.75, 3.05) is 13.2 Å². The average molecular weight is 909 g/mol. The molecule has 0 aromatic carbocycles. The van der Waals surface area contributed by atoms with Crippen LogP contribution in [-0.2, 0) is 28.6 Å². The third-order valence-electron chi connectivity index (χ3n) is 12.0. The van der Waals surface area contributed by atoms with E-state index in [4.69, 9.17) is 14.2 Å². The van der Waals surface area contributed by atoms with Crippen molar-refractivity contribution in [3.63, 3.8) is 0 Å². The molecule has 6 heteroatoms. The quantitative estimate of drug-likeness (QED) is 0.0262. The first-order chi connectivity index (χ1) is 32.0. The Morgan fingerprint density at radius 2 is 0.554 bits per heavy atom. The molecule has 1 atom stereocenters.